The van der Waals surface area contributed by atoms with Gasteiger partial charge < -0.3 is 15.4 Å². The number of hydrogen-bond acceptors (Lipinski definition) is 5. The molecule has 6 nitrogen and oxygen atoms in total. The van der Waals surface area contributed by atoms with Crippen molar-refractivity contribution in [2.24, 2.45) is 5.92 Å². The summed E-state index contributed by atoms with van der Waals surface area (Å²) in [5.74, 6) is 0.580. The zero-order chi connectivity index (χ0) is 16.0. The highest BCUT2D eigenvalue weighted by Crippen LogP contribution is 2.20. The third-order valence-corrected chi connectivity index (χ3v) is 4.44. The van der Waals surface area contributed by atoms with Gasteiger partial charge >= 0.3 is 0 Å². The second-order valence-corrected chi connectivity index (χ2v) is 7.78. The first kappa shape index (κ1) is 16.8. The van der Waals surface area contributed by atoms with E-state index in [1.807, 2.05) is 0 Å². The number of carbonyl (C=O) groups excluding carboxylic acids is 1. The first-order valence-electron chi connectivity index (χ1n) is 7.36. The van der Waals surface area contributed by atoms with Crippen molar-refractivity contribution in [3.8, 4) is 5.75 Å². The molecule has 0 saturated carbocycles. The molecule has 1 aliphatic heterocycles. The van der Waals surface area contributed by atoms with Gasteiger partial charge in [-0.25, -0.2) is 8.42 Å². The molecule has 0 bridgehead atoms. The lowest BCUT2D eigenvalue weighted by Gasteiger charge is -2.21. The summed E-state index contributed by atoms with van der Waals surface area (Å²) in [6.45, 7) is 1.84. The average Bonchev–Trinajstić information content (AvgIpc) is 2.47. The monoisotopic (exact) mass is 326 g/mol. The molecule has 0 radical (unpaired) electrons. The van der Waals surface area contributed by atoms with Crippen molar-refractivity contribution in [3.05, 3.63) is 24.3 Å². The molecular formula is C15H22N2O4S. The van der Waals surface area contributed by atoms with E-state index in [0.717, 1.165) is 25.9 Å². The van der Waals surface area contributed by atoms with Crippen LogP contribution in [0.15, 0.2) is 24.3 Å². The van der Waals surface area contributed by atoms with Gasteiger partial charge in [0.25, 0.3) is 0 Å². The van der Waals surface area contributed by atoms with Crippen molar-refractivity contribution in [3.63, 3.8) is 0 Å². The maximum Gasteiger partial charge on any atom is 0.227 e. The first-order valence-corrected chi connectivity index (χ1v) is 9.42. The standard InChI is InChI=1S/C15H22N2O4S/c1-22(19,20)10-9-21-14-4-2-3-13(11-14)17-15(18)12-5-7-16-8-6-12/h2-4,11-12,16H,5-10H2,1H3,(H,17,18). The molecule has 0 aliphatic carbocycles. The normalized spacial score (nSPS) is 16.2. The highest BCUT2D eigenvalue weighted by atomic mass is 32.2. The average molecular weight is 326 g/mol. The molecule has 2 N–H and O–H groups in total. The van der Waals surface area contributed by atoms with Crippen LogP contribution in [0.25, 0.3) is 0 Å². The summed E-state index contributed by atoms with van der Waals surface area (Å²) in [7, 11) is -3.04. The van der Waals surface area contributed by atoms with Crippen LogP contribution in [0.2, 0.25) is 0 Å². The number of benzene rings is 1. The van der Waals surface area contributed by atoms with E-state index in [-0.39, 0.29) is 24.2 Å². The molecule has 22 heavy (non-hydrogen) atoms. The van der Waals surface area contributed by atoms with Crippen LogP contribution in [0, 0.1) is 5.92 Å². The van der Waals surface area contributed by atoms with E-state index in [1.54, 1.807) is 24.3 Å². The van der Waals surface area contributed by atoms with Gasteiger partial charge in [-0.1, -0.05) is 6.07 Å². The molecule has 122 valence electrons. The molecule has 1 heterocycles. The Bertz CT molecular complexity index is 610. The number of carbonyl (C=O) groups is 1. The van der Waals surface area contributed by atoms with Crippen molar-refractivity contribution in [1.82, 2.24) is 5.32 Å². The highest BCUT2D eigenvalue weighted by Gasteiger charge is 2.20. The summed E-state index contributed by atoms with van der Waals surface area (Å²) in [5, 5.41) is 6.12. The smallest absolute Gasteiger partial charge is 0.227 e. The lowest BCUT2D eigenvalue weighted by atomic mass is 9.97. The number of amides is 1. The highest BCUT2D eigenvalue weighted by molar-refractivity contribution is 7.90. The van der Waals surface area contributed by atoms with Gasteiger partial charge in [-0.2, -0.15) is 0 Å². The largest absolute Gasteiger partial charge is 0.492 e. The SMILES string of the molecule is CS(=O)(=O)CCOc1cccc(NC(=O)C2CCNCC2)c1. The van der Waals surface area contributed by atoms with Crippen LogP contribution < -0.4 is 15.4 Å². The Hall–Kier alpha value is -1.60. The molecular weight excluding hydrogens is 304 g/mol. The maximum absolute atomic E-state index is 12.2. The summed E-state index contributed by atoms with van der Waals surface area (Å²) >= 11 is 0. The number of sulfone groups is 1. The van der Waals surface area contributed by atoms with Gasteiger partial charge in [0.15, 0.2) is 9.84 Å². The maximum atomic E-state index is 12.2. The quantitative estimate of drug-likeness (QED) is 0.816. The molecule has 1 aromatic rings. The lowest BCUT2D eigenvalue weighted by Crippen LogP contribution is -2.34. The van der Waals surface area contributed by atoms with Crippen molar-refractivity contribution in [1.29, 1.82) is 0 Å². The van der Waals surface area contributed by atoms with E-state index in [4.69, 9.17) is 4.74 Å². The van der Waals surface area contributed by atoms with Crippen molar-refractivity contribution in [2.75, 3.05) is 37.0 Å². The van der Waals surface area contributed by atoms with Crippen molar-refractivity contribution < 1.29 is 17.9 Å². The minimum Gasteiger partial charge on any atom is -0.492 e. The molecule has 1 amide bonds. The van der Waals surface area contributed by atoms with Gasteiger partial charge in [0, 0.05) is 23.9 Å². The van der Waals surface area contributed by atoms with Crippen LogP contribution >= 0.6 is 0 Å². The molecule has 1 fully saturated rings. The molecule has 0 unspecified atom stereocenters. The van der Waals surface area contributed by atoms with E-state index >= 15 is 0 Å². The van der Waals surface area contributed by atoms with E-state index < -0.39 is 9.84 Å². The minimum absolute atomic E-state index is 0.0229. The summed E-state index contributed by atoms with van der Waals surface area (Å²) in [5.41, 5.74) is 0.667. The Balaban J connectivity index is 1.89. The lowest BCUT2D eigenvalue weighted by molar-refractivity contribution is -0.120. The Morgan fingerprint density at radius 2 is 2.09 bits per heavy atom. The molecule has 0 aromatic heterocycles. The fourth-order valence-electron chi connectivity index (χ4n) is 2.30. The van der Waals surface area contributed by atoms with Crippen LogP contribution in [0.4, 0.5) is 5.69 Å². The fraction of sp³-hybridized carbons (Fsp3) is 0.533. The van der Waals surface area contributed by atoms with Crippen LogP contribution in [0.5, 0.6) is 5.75 Å². The zero-order valence-corrected chi connectivity index (χ0v) is 13.5. The van der Waals surface area contributed by atoms with Gasteiger partial charge in [-0.15, -0.1) is 0 Å². The second kappa shape index (κ2) is 7.60. The molecule has 0 spiro atoms. The van der Waals surface area contributed by atoms with Crippen molar-refractivity contribution in [2.45, 2.75) is 12.8 Å². The predicted octanol–water partition coefficient (Wildman–Crippen LogP) is 1.05. The zero-order valence-electron chi connectivity index (χ0n) is 12.7. The van der Waals surface area contributed by atoms with Crippen LogP contribution in [-0.4, -0.2) is 46.0 Å². The minimum atomic E-state index is -3.04. The van der Waals surface area contributed by atoms with E-state index in [2.05, 4.69) is 10.6 Å². The molecule has 2 rings (SSSR count). The number of rotatable bonds is 6. The number of piperidine rings is 1. The molecule has 1 aliphatic rings. The molecule has 1 saturated heterocycles. The molecule has 0 atom stereocenters. The third kappa shape index (κ3) is 5.65. The Labute approximate surface area is 131 Å². The van der Waals surface area contributed by atoms with Crippen molar-refractivity contribution >= 4 is 21.4 Å². The Morgan fingerprint density at radius 1 is 1.36 bits per heavy atom. The second-order valence-electron chi connectivity index (χ2n) is 5.52. The van der Waals surface area contributed by atoms with E-state index in [1.165, 1.54) is 6.26 Å². The topological polar surface area (TPSA) is 84.5 Å². The van der Waals surface area contributed by atoms with Crippen LogP contribution in [-0.2, 0) is 14.6 Å². The van der Waals surface area contributed by atoms with Gasteiger partial charge in [-0.05, 0) is 38.1 Å². The Morgan fingerprint density at radius 3 is 2.77 bits per heavy atom. The molecule has 1 aromatic carbocycles. The third-order valence-electron chi connectivity index (χ3n) is 3.53. The van der Waals surface area contributed by atoms with Gasteiger partial charge in [-0.3, -0.25) is 4.79 Å². The van der Waals surface area contributed by atoms with Gasteiger partial charge in [0.05, 0.1) is 5.75 Å². The number of hydrogen-bond donors (Lipinski definition) is 2. The van der Waals surface area contributed by atoms with E-state index in [9.17, 15) is 13.2 Å². The van der Waals surface area contributed by atoms with E-state index in [0.29, 0.717) is 11.4 Å². The fourth-order valence-corrected chi connectivity index (χ4v) is 2.69. The number of ether oxygens (including phenoxy) is 1. The summed E-state index contributed by atoms with van der Waals surface area (Å²) < 4.78 is 27.5. The summed E-state index contributed by atoms with van der Waals surface area (Å²) in [6.07, 6.45) is 2.86. The Kier molecular flexibility index (Phi) is 5.79. The van der Waals surface area contributed by atoms with Crippen LogP contribution in [0.3, 0.4) is 0 Å². The molecule has 7 heteroatoms. The number of nitrogens with one attached hydrogen (secondary N) is 2. The summed E-state index contributed by atoms with van der Waals surface area (Å²) in [6, 6.07) is 7.01. The predicted molar refractivity (Wildman–Crippen MR) is 85.9 cm³/mol. The summed E-state index contributed by atoms with van der Waals surface area (Å²) in [4.78, 5) is 12.2. The van der Waals surface area contributed by atoms with Crippen LogP contribution in [0.1, 0.15) is 12.8 Å². The van der Waals surface area contributed by atoms with Gasteiger partial charge in [0.1, 0.15) is 12.4 Å². The first-order chi connectivity index (χ1) is 10.4. The number of anilines is 1. The van der Waals surface area contributed by atoms with Gasteiger partial charge in [0.2, 0.25) is 5.91 Å².